The van der Waals surface area contributed by atoms with Gasteiger partial charge in [-0.2, -0.15) is 4.52 Å². The van der Waals surface area contributed by atoms with Crippen molar-refractivity contribution in [2.24, 2.45) is 5.92 Å². The van der Waals surface area contributed by atoms with Gasteiger partial charge in [-0.1, -0.05) is 18.3 Å². The quantitative estimate of drug-likeness (QED) is 0.786. The number of likely N-dealkylation sites (tertiary alicyclic amines) is 1. The molecule has 1 N–H and O–H groups in total. The number of aryl methyl sites for hydroxylation is 2. The molecule has 0 amide bonds. The number of rotatable bonds is 3. The van der Waals surface area contributed by atoms with Crippen molar-refractivity contribution in [3.8, 4) is 5.88 Å². The lowest BCUT2D eigenvalue weighted by Gasteiger charge is -2.35. The van der Waals surface area contributed by atoms with Gasteiger partial charge in [0.2, 0.25) is 10.8 Å². The normalized spacial score (nSPS) is 20.7. The Kier molecular flexibility index (Phi) is 3.85. The van der Waals surface area contributed by atoms with E-state index in [0.717, 1.165) is 40.9 Å². The van der Waals surface area contributed by atoms with E-state index in [-0.39, 0.29) is 11.9 Å². The van der Waals surface area contributed by atoms with E-state index >= 15 is 0 Å². The van der Waals surface area contributed by atoms with Gasteiger partial charge in [0.05, 0.1) is 4.88 Å². The van der Waals surface area contributed by atoms with Gasteiger partial charge in [-0.15, -0.1) is 5.10 Å². The van der Waals surface area contributed by atoms with Crippen molar-refractivity contribution in [1.82, 2.24) is 19.5 Å². The number of thiazole rings is 1. The number of nitrogens with zero attached hydrogens (tertiary/aromatic N) is 4. The van der Waals surface area contributed by atoms with Crippen molar-refractivity contribution in [2.45, 2.75) is 39.7 Å². The van der Waals surface area contributed by atoms with Crippen molar-refractivity contribution < 1.29 is 9.52 Å². The van der Waals surface area contributed by atoms with Crippen molar-refractivity contribution in [3.63, 3.8) is 0 Å². The van der Waals surface area contributed by atoms with Crippen LogP contribution in [0.2, 0.25) is 0 Å². The Bertz CT molecular complexity index is 865. The second kappa shape index (κ2) is 5.89. The summed E-state index contributed by atoms with van der Waals surface area (Å²) in [5, 5.41) is 15.0. The van der Waals surface area contributed by atoms with Crippen LogP contribution >= 0.6 is 11.3 Å². The summed E-state index contributed by atoms with van der Waals surface area (Å²) in [4.78, 5) is 8.38. The zero-order valence-corrected chi connectivity index (χ0v) is 15.0. The van der Waals surface area contributed by atoms with Gasteiger partial charge in [0.15, 0.2) is 0 Å². The number of furan rings is 1. The molecule has 6 nitrogen and oxygen atoms in total. The molecule has 7 heteroatoms. The molecular weight excluding hydrogens is 324 g/mol. The monoisotopic (exact) mass is 346 g/mol. The summed E-state index contributed by atoms with van der Waals surface area (Å²) in [5.74, 6) is 3.24. The van der Waals surface area contributed by atoms with Crippen LogP contribution in [0.5, 0.6) is 5.88 Å². The molecule has 0 saturated carbocycles. The minimum Gasteiger partial charge on any atom is -0.492 e. The lowest BCUT2D eigenvalue weighted by molar-refractivity contribution is 0.135. The fourth-order valence-corrected chi connectivity index (χ4v) is 4.70. The number of aromatic nitrogens is 3. The predicted molar refractivity (Wildman–Crippen MR) is 92.5 cm³/mol. The minimum absolute atomic E-state index is 0.0877. The number of aromatic hydroxyl groups is 1. The SMILES string of the molecule is Cc1nc2sc(C(c3ccc(C)o3)N3CCCC(C)C3)c(O)n2n1. The Morgan fingerprint density at radius 1 is 1.38 bits per heavy atom. The van der Waals surface area contributed by atoms with Crippen molar-refractivity contribution in [1.29, 1.82) is 0 Å². The molecule has 4 rings (SSSR count). The third-order valence-electron chi connectivity index (χ3n) is 4.64. The molecule has 1 aliphatic rings. The maximum Gasteiger partial charge on any atom is 0.230 e. The Morgan fingerprint density at radius 3 is 2.88 bits per heavy atom. The Morgan fingerprint density at radius 2 is 2.21 bits per heavy atom. The van der Waals surface area contributed by atoms with Crippen LogP contribution in [-0.2, 0) is 0 Å². The van der Waals surface area contributed by atoms with Crippen molar-refractivity contribution in [2.75, 3.05) is 13.1 Å². The summed E-state index contributed by atoms with van der Waals surface area (Å²) in [7, 11) is 0. The summed E-state index contributed by atoms with van der Waals surface area (Å²) >= 11 is 1.49. The zero-order chi connectivity index (χ0) is 16.8. The first-order chi connectivity index (χ1) is 11.5. The standard InChI is InChI=1S/C17H22N4O2S/c1-10-5-4-8-20(9-10)14(13-7-6-11(2)23-13)15-16(22)21-17(24-15)18-12(3)19-21/h6-7,10,14,22H,4-5,8-9H2,1-3H3. The lowest BCUT2D eigenvalue weighted by atomic mass is 9.97. The molecule has 0 radical (unpaired) electrons. The van der Waals surface area contributed by atoms with E-state index in [1.807, 2.05) is 26.0 Å². The van der Waals surface area contributed by atoms with E-state index in [1.54, 1.807) is 0 Å². The van der Waals surface area contributed by atoms with Crippen molar-refractivity contribution in [3.05, 3.63) is 34.4 Å². The molecule has 24 heavy (non-hydrogen) atoms. The van der Waals surface area contributed by atoms with Crippen LogP contribution in [0.1, 0.15) is 48.0 Å². The molecule has 1 fully saturated rings. The van der Waals surface area contributed by atoms with E-state index in [0.29, 0.717) is 11.7 Å². The first-order valence-corrected chi connectivity index (χ1v) is 9.20. The fourth-order valence-electron chi connectivity index (χ4n) is 3.56. The summed E-state index contributed by atoms with van der Waals surface area (Å²) in [5.41, 5.74) is 0. The third-order valence-corrected chi connectivity index (χ3v) is 5.71. The summed E-state index contributed by atoms with van der Waals surface area (Å²) in [6, 6.07) is 3.91. The van der Waals surface area contributed by atoms with E-state index in [1.165, 1.54) is 22.3 Å². The molecule has 0 bridgehead atoms. The number of hydrogen-bond donors (Lipinski definition) is 1. The lowest BCUT2D eigenvalue weighted by Crippen LogP contribution is -2.37. The Labute approximate surface area is 144 Å². The second-order valence-corrected chi connectivity index (χ2v) is 7.75. The molecular formula is C17H22N4O2S. The number of fused-ring (bicyclic) bond motifs is 1. The topological polar surface area (TPSA) is 66.8 Å². The van der Waals surface area contributed by atoms with Crippen LogP contribution in [0, 0.1) is 19.8 Å². The largest absolute Gasteiger partial charge is 0.492 e. The van der Waals surface area contributed by atoms with Crippen LogP contribution in [-0.4, -0.2) is 37.7 Å². The molecule has 0 aliphatic carbocycles. The number of hydrogen-bond acceptors (Lipinski definition) is 6. The van der Waals surface area contributed by atoms with Crippen LogP contribution in [0.4, 0.5) is 0 Å². The average molecular weight is 346 g/mol. The van der Waals surface area contributed by atoms with Gasteiger partial charge in [0, 0.05) is 6.54 Å². The highest BCUT2D eigenvalue weighted by molar-refractivity contribution is 7.17. The molecule has 0 spiro atoms. The maximum absolute atomic E-state index is 10.7. The molecule has 3 aromatic heterocycles. The zero-order valence-electron chi connectivity index (χ0n) is 14.2. The first-order valence-electron chi connectivity index (χ1n) is 8.38. The molecule has 4 heterocycles. The van der Waals surface area contributed by atoms with Crippen LogP contribution in [0.15, 0.2) is 16.5 Å². The Balaban J connectivity index is 1.81. The molecule has 0 aromatic carbocycles. The van der Waals surface area contributed by atoms with Gasteiger partial charge < -0.3 is 9.52 Å². The average Bonchev–Trinajstić information content (AvgIpc) is 3.18. The highest BCUT2D eigenvalue weighted by atomic mass is 32.1. The van der Waals surface area contributed by atoms with Gasteiger partial charge in [0.1, 0.15) is 23.4 Å². The molecule has 3 aromatic rings. The van der Waals surface area contributed by atoms with Gasteiger partial charge in [-0.25, -0.2) is 4.98 Å². The van der Waals surface area contributed by atoms with E-state index in [9.17, 15) is 5.11 Å². The summed E-state index contributed by atoms with van der Waals surface area (Å²) in [6.45, 7) is 8.06. The summed E-state index contributed by atoms with van der Waals surface area (Å²) in [6.07, 6.45) is 2.42. The smallest absolute Gasteiger partial charge is 0.230 e. The van der Waals surface area contributed by atoms with Crippen LogP contribution in [0.25, 0.3) is 4.96 Å². The molecule has 1 aliphatic heterocycles. The first kappa shape index (κ1) is 15.7. The van der Waals surface area contributed by atoms with Gasteiger partial charge >= 0.3 is 0 Å². The molecule has 2 unspecified atom stereocenters. The molecule has 128 valence electrons. The summed E-state index contributed by atoms with van der Waals surface area (Å²) < 4.78 is 7.48. The van der Waals surface area contributed by atoms with Crippen LogP contribution in [0.3, 0.4) is 0 Å². The Hall–Kier alpha value is -1.86. The minimum atomic E-state index is -0.0877. The van der Waals surface area contributed by atoms with Crippen molar-refractivity contribution >= 4 is 16.3 Å². The maximum atomic E-state index is 10.7. The highest BCUT2D eigenvalue weighted by Crippen LogP contribution is 2.41. The van der Waals surface area contributed by atoms with Gasteiger partial charge in [-0.05, 0) is 51.3 Å². The molecule has 1 saturated heterocycles. The number of piperidine rings is 1. The van der Waals surface area contributed by atoms with E-state index in [4.69, 9.17) is 4.42 Å². The highest BCUT2D eigenvalue weighted by Gasteiger charge is 2.33. The van der Waals surface area contributed by atoms with Gasteiger partial charge in [-0.3, -0.25) is 4.90 Å². The van der Waals surface area contributed by atoms with E-state index in [2.05, 4.69) is 21.9 Å². The van der Waals surface area contributed by atoms with E-state index < -0.39 is 0 Å². The predicted octanol–water partition coefficient (Wildman–Crippen LogP) is 3.53. The second-order valence-electron chi connectivity index (χ2n) is 6.74. The van der Waals surface area contributed by atoms with Gasteiger partial charge in [0.25, 0.3) is 0 Å². The molecule has 2 atom stereocenters. The van der Waals surface area contributed by atoms with Crippen LogP contribution < -0.4 is 0 Å². The third kappa shape index (κ3) is 2.61. The fraction of sp³-hybridized carbons (Fsp3) is 0.529.